The first-order valence-corrected chi connectivity index (χ1v) is 6.69. The van der Waals surface area contributed by atoms with Gasteiger partial charge in [-0.3, -0.25) is 4.79 Å². The SMILES string of the molecule is CC(C)(C)C(=O)N1CCC(Oc2ccncn2)CC1. The number of hydrogen-bond donors (Lipinski definition) is 0. The number of aromatic nitrogens is 2. The molecule has 0 unspecified atom stereocenters. The third-order valence-corrected chi connectivity index (χ3v) is 3.21. The van der Waals surface area contributed by atoms with Crippen molar-refractivity contribution in [1.29, 1.82) is 0 Å². The lowest BCUT2D eigenvalue weighted by Gasteiger charge is -2.35. The summed E-state index contributed by atoms with van der Waals surface area (Å²) < 4.78 is 5.78. The fraction of sp³-hybridized carbons (Fsp3) is 0.643. The molecule has 19 heavy (non-hydrogen) atoms. The van der Waals surface area contributed by atoms with Crippen LogP contribution in [0, 0.1) is 5.41 Å². The molecule has 0 bridgehead atoms. The van der Waals surface area contributed by atoms with Crippen molar-refractivity contribution in [2.75, 3.05) is 13.1 Å². The van der Waals surface area contributed by atoms with Gasteiger partial charge < -0.3 is 9.64 Å². The number of carbonyl (C=O) groups excluding carboxylic acids is 1. The highest BCUT2D eigenvalue weighted by atomic mass is 16.5. The Hall–Kier alpha value is -1.65. The zero-order chi connectivity index (χ0) is 13.9. The zero-order valence-electron chi connectivity index (χ0n) is 11.8. The highest BCUT2D eigenvalue weighted by Crippen LogP contribution is 2.22. The third kappa shape index (κ3) is 3.66. The van der Waals surface area contributed by atoms with E-state index >= 15 is 0 Å². The number of nitrogens with zero attached hydrogens (tertiary/aromatic N) is 3. The molecule has 2 heterocycles. The molecule has 1 aromatic heterocycles. The maximum absolute atomic E-state index is 12.1. The monoisotopic (exact) mass is 263 g/mol. The van der Waals surface area contributed by atoms with Crippen molar-refractivity contribution in [3.8, 4) is 5.88 Å². The van der Waals surface area contributed by atoms with Gasteiger partial charge in [-0.15, -0.1) is 0 Å². The minimum absolute atomic E-state index is 0.138. The van der Waals surface area contributed by atoms with Crippen LogP contribution in [0.15, 0.2) is 18.6 Å². The van der Waals surface area contributed by atoms with Crippen molar-refractivity contribution in [2.45, 2.75) is 39.7 Å². The van der Waals surface area contributed by atoms with E-state index in [1.54, 1.807) is 12.3 Å². The van der Waals surface area contributed by atoms with Crippen LogP contribution in [0.25, 0.3) is 0 Å². The van der Waals surface area contributed by atoms with Gasteiger partial charge >= 0.3 is 0 Å². The minimum Gasteiger partial charge on any atom is -0.474 e. The molecule has 0 radical (unpaired) electrons. The van der Waals surface area contributed by atoms with E-state index in [0.29, 0.717) is 5.88 Å². The lowest BCUT2D eigenvalue weighted by Crippen LogP contribution is -2.46. The molecule has 0 saturated carbocycles. The number of carbonyl (C=O) groups is 1. The number of ether oxygens (including phenoxy) is 1. The molecule has 1 aliphatic rings. The van der Waals surface area contributed by atoms with E-state index in [1.807, 2.05) is 25.7 Å². The summed E-state index contributed by atoms with van der Waals surface area (Å²) in [5.74, 6) is 0.823. The quantitative estimate of drug-likeness (QED) is 0.817. The van der Waals surface area contributed by atoms with E-state index in [2.05, 4.69) is 9.97 Å². The molecule has 0 spiro atoms. The summed E-state index contributed by atoms with van der Waals surface area (Å²) in [5.41, 5.74) is -0.305. The number of piperidine rings is 1. The Bertz CT molecular complexity index is 420. The lowest BCUT2D eigenvalue weighted by atomic mass is 9.93. The summed E-state index contributed by atoms with van der Waals surface area (Å²) in [4.78, 5) is 22.0. The van der Waals surface area contributed by atoms with E-state index in [4.69, 9.17) is 4.74 Å². The summed E-state index contributed by atoms with van der Waals surface area (Å²) in [6.45, 7) is 7.38. The third-order valence-electron chi connectivity index (χ3n) is 3.21. The van der Waals surface area contributed by atoms with E-state index in [1.165, 1.54) is 6.33 Å². The van der Waals surface area contributed by atoms with E-state index in [9.17, 15) is 4.79 Å². The first kappa shape index (κ1) is 13.8. The Morgan fingerprint density at radius 2 is 2.05 bits per heavy atom. The fourth-order valence-corrected chi connectivity index (χ4v) is 2.17. The summed E-state index contributed by atoms with van der Waals surface area (Å²) in [6.07, 6.45) is 4.99. The van der Waals surface area contributed by atoms with Crippen molar-refractivity contribution < 1.29 is 9.53 Å². The second-order valence-electron chi connectivity index (χ2n) is 5.91. The summed E-state index contributed by atoms with van der Waals surface area (Å²) in [7, 11) is 0. The van der Waals surface area contributed by atoms with Gasteiger partial charge in [-0.25, -0.2) is 9.97 Å². The molecule has 5 nitrogen and oxygen atoms in total. The van der Waals surface area contributed by atoms with Gasteiger partial charge in [-0.05, 0) is 0 Å². The molecule has 0 atom stereocenters. The average molecular weight is 263 g/mol. The Labute approximate surface area is 114 Å². The number of likely N-dealkylation sites (tertiary alicyclic amines) is 1. The minimum atomic E-state index is -0.305. The summed E-state index contributed by atoms with van der Waals surface area (Å²) in [5, 5.41) is 0. The van der Waals surface area contributed by atoms with Crippen LogP contribution in [-0.2, 0) is 4.79 Å². The average Bonchev–Trinajstić information content (AvgIpc) is 2.39. The molecule has 0 aliphatic carbocycles. The van der Waals surface area contributed by atoms with Crippen LogP contribution >= 0.6 is 0 Å². The second-order valence-corrected chi connectivity index (χ2v) is 5.91. The van der Waals surface area contributed by atoms with Crippen LogP contribution in [0.3, 0.4) is 0 Å². The van der Waals surface area contributed by atoms with Gasteiger partial charge in [0, 0.05) is 43.6 Å². The molecular formula is C14H21N3O2. The van der Waals surface area contributed by atoms with Crippen molar-refractivity contribution in [2.24, 2.45) is 5.41 Å². The first-order valence-electron chi connectivity index (χ1n) is 6.69. The molecule has 0 N–H and O–H groups in total. The predicted molar refractivity (Wildman–Crippen MR) is 71.7 cm³/mol. The van der Waals surface area contributed by atoms with Gasteiger partial charge in [0.25, 0.3) is 0 Å². The van der Waals surface area contributed by atoms with Gasteiger partial charge in [0.2, 0.25) is 11.8 Å². The first-order chi connectivity index (χ1) is 8.97. The van der Waals surface area contributed by atoms with Crippen molar-refractivity contribution >= 4 is 5.91 Å². The Kier molecular flexibility index (Phi) is 4.02. The van der Waals surface area contributed by atoms with E-state index < -0.39 is 0 Å². The lowest BCUT2D eigenvalue weighted by molar-refractivity contribution is -0.141. The maximum atomic E-state index is 12.1. The summed E-state index contributed by atoms with van der Waals surface area (Å²) in [6, 6.07) is 1.76. The largest absolute Gasteiger partial charge is 0.474 e. The second kappa shape index (κ2) is 5.55. The van der Waals surface area contributed by atoms with Gasteiger partial charge in [0.05, 0.1) is 0 Å². The number of rotatable bonds is 2. The molecular weight excluding hydrogens is 242 g/mol. The Morgan fingerprint density at radius 3 is 2.58 bits per heavy atom. The fourth-order valence-electron chi connectivity index (χ4n) is 2.17. The van der Waals surface area contributed by atoms with Gasteiger partial charge in [0.15, 0.2) is 0 Å². The smallest absolute Gasteiger partial charge is 0.227 e. The van der Waals surface area contributed by atoms with Crippen molar-refractivity contribution in [1.82, 2.24) is 14.9 Å². The zero-order valence-corrected chi connectivity index (χ0v) is 11.8. The molecule has 1 fully saturated rings. The topological polar surface area (TPSA) is 55.3 Å². The molecule has 1 aromatic rings. The summed E-state index contributed by atoms with van der Waals surface area (Å²) >= 11 is 0. The molecule has 5 heteroatoms. The van der Waals surface area contributed by atoms with Crippen LogP contribution < -0.4 is 4.74 Å². The Balaban J connectivity index is 1.85. The highest BCUT2D eigenvalue weighted by molar-refractivity contribution is 5.81. The predicted octanol–water partition coefficient (Wildman–Crippen LogP) is 1.89. The van der Waals surface area contributed by atoms with Crippen molar-refractivity contribution in [3.63, 3.8) is 0 Å². The molecule has 0 aromatic carbocycles. The van der Waals surface area contributed by atoms with Crippen LogP contribution in [0.5, 0.6) is 5.88 Å². The van der Waals surface area contributed by atoms with E-state index in [0.717, 1.165) is 25.9 Å². The van der Waals surface area contributed by atoms with Crippen LogP contribution in [0.2, 0.25) is 0 Å². The number of hydrogen-bond acceptors (Lipinski definition) is 4. The molecule has 1 saturated heterocycles. The normalized spacial score (nSPS) is 17.3. The molecule has 104 valence electrons. The van der Waals surface area contributed by atoms with Crippen LogP contribution in [-0.4, -0.2) is 40.0 Å². The van der Waals surface area contributed by atoms with Gasteiger partial charge in [0.1, 0.15) is 12.4 Å². The number of amides is 1. The maximum Gasteiger partial charge on any atom is 0.227 e. The standard InChI is InChI=1S/C14H21N3O2/c1-14(2,3)13(18)17-8-5-11(6-9-17)19-12-4-7-15-10-16-12/h4,7,10-11H,5-6,8-9H2,1-3H3. The van der Waals surface area contributed by atoms with E-state index in [-0.39, 0.29) is 17.4 Å². The van der Waals surface area contributed by atoms with Gasteiger partial charge in [-0.2, -0.15) is 0 Å². The van der Waals surface area contributed by atoms with Crippen LogP contribution in [0.4, 0.5) is 0 Å². The van der Waals surface area contributed by atoms with Crippen molar-refractivity contribution in [3.05, 3.63) is 18.6 Å². The molecule has 2 rings (SSSR count). The van der Waals surface area contributed by atoms with Crippen LogP contribution in [0.1, 0.15) is 33.6 Å². The Morgan fingerprint density at radius 1 is 1.37 bits per heavy atom. The van der Waals surface area contributed by atoms with Gasteiger partial charge in [-0.1, -0.05) is 20.8 Å². The molecule has 1 aliphatic heterocycles. The highest BCUT2D eigenvalue weighted by Gasteiger charge is 2.30. The molecule has 1 amide bonds.